The van der Waals surface area contributed by atoms with Crippen LogP contribution in [0.3, 0.4) is 0 Å². The number of ether oxygens (including phenoxy) is 2. The summed E-state index contributed by atoms with van der Waals surface area (Å²) in [4.78, 5) is 20.3. The molecule has 2 aliphatic rings. The van der Waals surface area contributed by atoms with Gasteiger partial charge in [0.15, 0.2) is 0 Å². The van der Waals surface area contributed by atoms with E-state index in [2.05, 4.69) is 31.4 Å². The monoisotopic (exact) mass is 499 g/mol. The Labute approximate surface area is 214 Å². The number of aryl methyl sites for hydroxylation is 2. The molecule has 1 spiro atoms. The molecule has 2 saturated heterocycles. The van der Waals surface area contributed by atoms with Crippen molar-refractivity contribution in [1.29, 1.82) is 0 Å². The van der Waals surface area contributed by atoms with E-state index in [1.165, 1.54) is 7.11 Å². The van der Waals surface area contributed by atoms with Gasteiger partial charge < -0.3 is 19.3 Å². The third-order valence-corrected chi connectivity index (χ3v) is 7.41. The number of likely N-dealkylation sites (tertiary alicyclic amines) is 1. The van der Waals surface area contributed by atoms with Crippen LogP contribution in [0.2, 0.25) is 0 Å². The van der Waals surface area contributed by atoms with Crippen molar-refractivity contribution in [1.82, 2.24) is 30.3 Å². The molecule has 1 amide bonds. The number of nitrogens with one attached hydrogen (secondary N) is 1. The summed E-state index contributed by atoms with van der Waals surface area (Å²) in [5, 5.41) is 16.8. The second-order valence-electron chi connectivity index (χ2n) is 10.2. The van der Waals surface area contributed by atoms with Crippen LogP contribution in [0.25, 0.3) is 22.2 Å². The minimum Gasteiger partial charge on any atom is -0.486 e. The first kappa shape index (κ1) is 23.2. The van der Waals surface area contributed by atoms with Crippen LogP contribution in [0.15, 0.2) is 42.7 Å². The zero-order valence-electron chi connectivity index (χ0n) is 21.4. The number of pyridine rings is 1. The summed E-state index contributed by atoms with van der Waals surface area (Å²) in [5.41, 5.74) is 5.84. The molecule has 10 nitrogen and oxygen atoms in total. The van der Waals surface area contributed by atoms with Crippen LogP contribution >= 0.6 is 0 Å². The van der Waals surface area contributed by atoms with Crippen molar-refractivity contribution in [3.05, 3.63) is 59.5 Å². The van der Waals surface area contributed by atoms with Crippen molar-refractivity contribution in [3.63, 3.8) is 0 Å². The molecular formula is C27H29N7O3. The number of carbonyl (C=O) groups is 1. The van der Waals surface area contributed by atoms with Crippen LogP contribution in [0.4, 0.5) is 10.6 Å². The fraction of sp³-hybridized carbons (Fsp3) is 0.370. The van der Waals surface area contributed by atoms with Gasteiger partial charge in [-0.05, 0) is 56.7 Å². The summed E-state index contributed by atoms with van der Waals surface area (Å²) in [5.74, 6) is 1.69. The third-order valence-electron chi connectivity index (χ3n) is 7.41. The van der Waals surface area contributed by atoms with Gasteiger partial charge in [-0.1, -0.05) is 0 Å². The van der Waals surface area contributed by atoms with E-state index < -0.39 is 0 Å². The summed E-state index contributed by atoms with van der Waals surface area (Å²) < 4.78 is 11.1. The number of H-pyrrole nitrogens is 1. The molecular weight excluding hydrogens is 470 g/mol. The van der Waals surface area contributed by atoms with Gasteiger partial charge in [0.25, 0.3) is 0 Å². The molecule has 3 aromatic heterocycles. The first-order valence-electron chi connectivity index (χ1n) is 12.3. The van der Waals surface area contributed by atoms with Gasteiger partial charge >= 0.3 is 6.09 Å². The number of nitrogens with zero attached hydrogens (tertiary/aromatic N) is 6. The highest BCUT2D eigenvalue weighted by atomic mass is 16.5. The molecule has 10 heteroatoms. The van der Waals surface area contributed by atoms with E-state index in [1.807, 2.05) is 51.2 Å². The van der Waals surface area contributed by atoms with Crippen LogP contribution in [0, 0.1) is 19.3 Å². The van der Waals surface area contributed by atoms with Crippen LogP contribution in [-0.2, 0) is 4.74 Å². The molecule has 0 unspecified atom stereocenters. The molecule has 0 aliphatic carbocycles. The molecule has 5 heterocycles. The molecule has 1 atom stereocenters. The number of hydrogen-bond donors (Lipinski definition) is 1. The van der Waals surface area contributed by atoms with Crippen LogP contribution in [-0.4, -0.2) is 69.7 Å². The van der Waals surface area contributed by atoms with Gasteiger partial charge in [-0.25, -0.2) is 9.78 Å². The number of fused-ring (bicyclic) bond motifs is 1. The summed E-state index contributed by atoms with van der Waals surface area (Å²) in [6.07, 6.45) is 3.21. The normalized spacial score (nSPS) is 16.9. The Bertz CT molecular complexity index is 1450. The maximum atomic E-state index is 11.6. The van der Waals surface area contributed by atoms with Crippen LogP contribution in [0.1, 0.15) is 29.8 Å². The largest absolute Gasteiger partial charge is 0.486 e. The minimum atomic E-state index is -0.250. The number of benzene rings is 1. The maximum absolute atomic E-state index is 11.6. The van der Waals surface area contributed by atoms with Gasteiger partial charge in [0.05, 0.1) is 24.5 Å². The van der Waals surface area contributed by atoms with Crippen molar-refractivity contribution in [2.24, 2.45) is 5.41 Å². The number of hydrogen-bond acceptors (Lipinski definition) is 8. The van der Waals surface area contributed by atoms with Crippen molar-refractivity contribution in [3.8, 4) is 17.0 Å². The maximum Gasteiger partial charge on any atom is 0.409 e. The molecule has 190 valence electrons. The lowest BCUT2D eigenvalue weighted by molar-refractivity contribution is -0.0153. The summed E-state index contributed by atoms with van der Waals surface area (Å²) in [7, 11) is 1.42. The zero-order chi connectivity index (χ0) is 25.7. The fourth-order valence-electron chi connectivity index (χ4n) is 5.64. The zero-order valence-corrected chi connectivity index (χ0v) is 21.4. The summed E-state index contributed by atoms with van der Waals surface area (Å²) in [6, 6.07) is 10.0. The van der Waals surface area contributed by atoms with Gasteiger partial charge in [0, 0.05) is 54.3 Å². The van der Waals surface area contributed by atoms with E-state index in [4.69, 9.17) is 14.5 Å². The van der Waals surface area contributed by atoms with Gasteiger partial charge in [0.2, 0.25) is 0 Å². The van der Waals surface area contributed by atoms with Gasteiger partial charge in [0.1, 0.15) is 23.4 Å². The molecule has 0 radical (unpaired) electrons. The highest BCUT2D eigenvalue weighted by Gasteiger charge is 2.53. The van der Waals surface area contributed by atoms with Crippen molar-refractivity contribution < 1.29 is 14.3 Å². The number of anilines is 1. The topological polar surface area (TPSA) is 109 Å². The predicted molar refractivity (Wildman–Crippen MR) is 138 cm³/mol. The number of methoxy groups -OCH3 is 1. The van der Waals surface area contributed by atoms with E-state index >= 15 is 0 Å². The molecule has 1 aromatic carbocycles. The molecule has 2 aliphatic heterocycles. The summed E-state index contributed by atoms with van der Waals surface area (Å²) in [6.45, 7) is 9.27. The third kappa shape index (κ3) is 4.02. The van der Waals surface area contributed by atoms with Crippen LogP contribution < -0.4 is 9.64 Å². The Balaban J connectivity index is 1.16. The average Bonchev–Trinajstić information content (AvgIpc) is 3.25. The molecule has 4 aromatic rings. The Morgan fingerprint density at radius 3 is 2.62 bits per heavy atom. The molecule has 1 N–H and O–H groups in total. The average molecular weight is 500 g/mol. The molecule has 2 fully saturated rings. The lowest BCUT2D eigenvalue weighted by Crippen LogP contribution is -2.73. The Kier molecular flexibility index (Phi) is 5.47. The van der Waals surface area contributed by atoms with Crippen molar-refractivity contribution in [2.45, 2.75) is 26.9 Å². The Morgan fingerprint density at radius 1 is 1.11 bits per heavy atom. The minimum absolute atomic E-state index is 0.167. The number of amides is 1. The number of rotatable bonds is 5. The van der Waals surface area contributed by atoms with Crippen molar-refractivity contribution in [2.75, 3.05) is 38.2 Å². The SMILES string of the molecule is COC(=O)N1CC2(C1)CN(c1ccc(-c3n[nH]c4ccc(O[C@H](C)c5c(C)cnnc5C)cc34)cn1)C2. The van der Waals surface area contributed by atoms with E-state index in [0.29, 0.717) is 0 Å². The smallest absolute Gasteiger partial charge is 0.409 e. The van der Waals surface area contributed by atoms with Crippen molar-refractivity contribution >= 4 is 22.8 Å². The highest BCUT2D eigenvalue weighted by molar-refractivity contribution is 5.93. The molecule has 37 heavy (non-hydrogen) atoms. The molecule has 6 rings (SSSR count). The number of carbonyl (C=O) groups excluding carboxylic acids is 1. The van der Waals surface area contributed by atoms with Gasteiger partial charge in [-0.15, -0.1) is 0 Å². The van der Waals surface area contributed by atoms with E-state index in [-0.39, 0.29) is 17.6 Å². The predicted octanol–water partition coefficient (Wildman–Crippen LogP) is 4.06. The second-order valence-corrected chi connectivity index (χ2v) is 10.2. The highest BCUT2D eigenvalue weighted by Crippen LogP contribution is 2.42. The van der Waals surface area contributed by atoms with E-state index in [1.54, 1.807) is 11.1 Å². The lowest BCUT2D eigenvalue weighted by atomic mass is 9.73. The fourth-order valence-corrected chi connectivity index (χ4v) is 5.64. The first-order valence-corrected chi connectivity index (χ1v) is 12.3. The lowest BCUT2D eigenvalue weighted by Gasteiger charge is -2.59. The quantitative estimate of drug-likeness (QED) is 0.438. The number of aromatic amines is 1. The van der Waals surface area contributed by atoms with Gasteiger partial charge in [-0.2, -0.15) is 15.3 Å². The molecule has 0 bridgehead atoms. The summed E-state index contributed by atoms with van der Waals surface area (Å²) >= 11 is 0. The Morgan fingerprint density at radius 2 is 1.92 bits per heavy atom. The second kappa shape index (κ2) is 8.72. The van der Waals surface area contributed by atoms with E-state index in [9.17, 15) is 4.79 Å². The Hall–Kier alpha value is -4.21. The first-order chi connectivity index (χ1) is 17.9. The standard InChI is InChI=1S/C27H29N7O3/c1-16-10-29-30-17(2)24(16)18(3)37-20-6-7-22-21(9-20)25(32-31-22)19-5-8-23(28-11-19)33-12-27(13-33)14-34(15-27)26(35)36-4/h5-11,18H,12-15H2,1-4H3,(H,31,32)/t18-/m1/s1. The van der Waals surface area contributed by atoms with E-state index in [0.717, 1.165) is 76.7 Å². The van der Waals surface area contributed by atoms with Crippen LogP contribution in [0.5, 0.6) is 5.75 Å². The molecule has 0 saturated carbocycles. The van der Waals surface area contributed by atoms with Gasteiger partial charge in [-0.3, -0.25) is 5.10 Å². The number of aromatic nitrogens is 5.